The molecule has 2 aromatic rings. The molecule has 1 amide bonds. The third-order valence-electron chi connectivity index (χ3n) is 4.78. The lowest BCUT2D eigenvalue weighted by Gasteiger charge is -2.22. The van der Waals surface area contributed by atoms with Crippen LogP contribution >= 0.6 is 0 Å². The van der Waals surface area contributed by atoms with E-state index >= 15 is 0 Å². The first-order chi connectivity index (χ1) is 13.4. The van der Waals surface area contributed by atoms with Gasteiger partial charge < -0.3 is 10.2 Å². The van der Waals surface area contributed by atoms with Gasteiger partial charge in [0, 0.05) is 19.5 Å². The number of carbonyl (C=O) groups is 1. The van der Waals surface area contributed by atoms with E-state index in [1.54, 1.807) is 17.1 Å². The molecule has 5 nitrogen and oxygen atoms in total. The SMILES string of the molecule is Cc1cccc(C2=NN(C(=O)CNCCN(C)C)C(c3ccc(F)cc3)C2)c1. The van der Waals surface area contributed by atoms with Crippen molar-refractivity contribution in [3.63, 3.8) is 0 Å². The molecule has 0 saturated heterocycles. The van der Waals surface area contributed by atoms with Crippen LogP contribution in [0.4, 0.5) is 4.39 Å². The van der Waals surface area contributed by atoms with Gasteiger partial charge in [-0.15, -0.1) is 0 Å². The van der Waals surface area contributed by atoms with E-state index in [2.05, 4.69) is 21.4 Å². The second-order valence-electron chi connectivity index (χ2n) is 7.41. The maximum Gasteiger partial charge on any atom is 0.257 e. The second-order valence-corrected chi connectivity index (χ2v) is 7.41. The van der Waals surface area contributed by atoms with Crippen molar-refractivity contribution < 1.29 is 9.18 Å². The predicted octanol–water partition coefficient (Wildman–Crippen LogP) is 2.96. The quantitative estimate of drug-likeness (QED) is 0.749. The fraction of sp³-hybridized carbons (Fsp3) is 0.364. The van der Waals surface area contributed by atoms with Gasteiger partial charge in [0.05, 0.1) is 18.3 Å². The van der Waals surface area contributed by atoms with E-state index in [4.69, 9.17) is 0 Å². The van der Waals surface area contributed by atoms with E-state index in [-0.39, 0.29) is 24.3 Å². The first-order valence-corrected chi connectivity index (χ1v) is 9.51. The molecule has 0 fully saturated rings. The van der Waals surface area contributed by atoms with Gasteiger partial charge in [0.15, 0.2) is 0 Å². The molecule has 0 aliphatic carbocycles. The Balaban J connectivity index is 1.80. The molecule has 0 bridgehead atoms. The van der Waals surface area contributed by atoms with E-state index in [0.717, 1.165) is 35.5 Å². The standard InChI is InChI=1S/C22H27FN4O/c1-16-5-4-6-18(13-16)20-14-21(17-7-9-19(23)10-8-17)27(25-20)22(28)15-24-11-12-26(2)3/h4-10,13,21,24H,11-12,14-15H2,1-3H3. The van der Waals surface area contributed by atoms with Crippen molar-refractivity contribution in [1.82, 2.24) is 15.2 Å². The first-order valence-electron chi connectivity index (χ1n) is 9.51. The van der Waals surface area contributed by atoms with Crippen molar-refractivity contribution in [3.05, 3.63) is 71.0 Å². The fourth-order valence-corrected chi connectivity index (χ4v) is 3.26. The Morgan fingerprint density at radius 3 is 2.68 bits per heavy atom. The zero-order valence-electron chi connectivity index (χ0n) is 16.7. The van der Waals surface area contributed by atoms with Crippen LogP contribution in [-0.4, -0.2) is 55.3 Å². The molecule has 2 aromatic carbocycles. The highest BCUT2D eigenvalue weighted by molar-refractivity contribution is 6.03. The van der Waals surface area contributed by atoms with Gasteiger partial charge >= 0.3 is 0 Å². The van der Waals surface area contributed by atoms with Crippen LogP contribution in [0.5, 0.6) is 0 Å². The monoisotopic (exact) mass is 382 g/mol. The molecule has 0 spiro atoms. The molecule has 3 rings (SSSR count). The van der Waals surface area contributed by atoms with Crippen molar-refractivity contribution in [2.24, 2.45) is 5.10 Å². The zero-order valence-corrected chi connectivity index (χ0v) is 16.7. The zero-order chi connectivity index (χ0) is 20.1. The Kier molecular flexibility index (Phi) is 6.54. The summed E-state index contributed by atoms with van der Waals surface area (Å²) in [4.78, 5) is 14.9. The van der Waals surface area contributed by atoms with Crippen LogP contribution in [0.15, 0.2) is 53.6 Å². The van der Waals surface area contributed by atoms with Gasteiger partial charge in [-0.3, -0.25) is 4.79 Å². The summed E-state index contributed by atoms with van der Waals surface area (Å²) >= 11 is 0. The normalized spacial score (nSPS) is 16.5. The molecule has 1 atom stereocenters. The minimum Gasteiger partial charge on any atom is -0.308 e. The molecule has 1 unspecified atom stereocenters. The van der Waals surface area contributed by atoms with Crippen LogP contribution in [0.3, 0.4) is 0 Å². The number of benzene rings is 2. The molecule has 1 N–H and O–H groups in total. The number of hydrogen-bond acceptors (Lipinski definition) is 4. The third kappa shape index (κ3) is 5.03. The van der Waals surface area contributed by atoms with Gasteiger partial charge in [0.25, 0.3) is 5.91 Å². The van der Waals surface area contributed by atoms with Crippen LogP contribution < -0.4 is 5.32 Å². The number of aryl methyl sites for hydroxylation is 1. The number of nitrogens with zero attached hydrogens (tertiary/aromatic N) is 3. The van der Waals surface area contributed by atoms with Crippen molar-refractivity contribution >= 4 is 11.6 Å². The minimum absolute atomic E-state index is 0.0873. The molecule has 1 aliphatic rings. The molecule has 6 heteroatoms. The van der Waals surface area contributed by atoms with Gasteiger partial charge in [-0.05, 0) is 44.3 Å². The Morgan fingerprint density at radius 2 is 2.00 bits per heavy atom. The lowest BCUT2D eigenvalue weighted by molar-refractivity contribution is -0.132. The number of rotatable bonds is 7. The van der Waals surface area contributed by atoms with Crippen LogP contribution in [-0.2, 0) is 4.79 Å². The first kappa shape index (κ1) is 20.2. The third-order valence-corrected chi connectivity index (χ3v) is 4.78. The Bertz CT molecular complexity index is 848. The van der Waals surface area contributed by atoms with Crippen LogP contribution in [0.2, 0.25) is 0 Å². The number of amides is 1. The van der Waals surface area contributed by atoms with Crippen molar-refractivity contribution in [1.29, 1.82) is 0 Å². The Labute approximate surface area is 165 Å². The summed E-state index contributed by atoms with van der Waals surface area (Å²) < 4.78 is 13.4. The molecule has 0 saturated carbocycles. The smallest absolute Gasteiger partial charge is 0.257 e. The molecular formula is C22H27FN4O. The van der Waals surface area contributed by atoms with Crippen LogP contribution in [0.25, 0.3) is 0 Å². The van der Waals surface area contributed by atoms with Gasteiger partial charge in [-0.2, -0.15) is 5.10 Å². The summed E-state index contributed by atoms with van der Waals surface area (Å²) in [7, 11) is 3.99. The average Bonchev–Trinajstić information content (AvgIpc) is 3.11. The Hall–Kier alpha value is -2.57. The Morgan fingerprint density at radius 1 is 1.25 bits per heavy atom. The highest BCUT2D eigenvalue weighted by Gasteiger charge is 2.32. The average molecular weight is 382 g/mol. The van der Waals surface area contributed by atoms with E-state index in [9.17, 15) is 9.18 Å². The number of hydrogen-bond donors (Lipinski definition) is 1. The van der Waals surface area contributed by atoms with Gasteiger partial charge in [-0.1, -0.05) is 42.0 Å². The number of nitrogens with one attached hydrogen (secondary N) is 1. The van der Waals surface area contributed by atoms with E-state index in [0.29, 0.717) is 6.42 Å². The molecule has 0 radical (unpaired) electrons. The van der Waals surface area contributed by atoms with E-state index in [1.807, 2.05) is 39.2 Å². The van der Waals surface area contributed by atoms with Crippen LogP contribution in [0.1, 0.15) is 29.2 Å². The lowest BCUT2D eigenvalue weighted by atomic mass is 9.97. The summed E-state index contributed by atoms with van der Waals surface area (Å²) in [5.41, 5.74) is 3.92. The van der Waals surface area contributed by atoms with E-state index in [1.165, 1.54) is 12.1 Å². The molecular weight excluding hydrogens is 355 g/mol. The molecule has 28 heavy (non-hydrogen) atoms. The highest BCUT2D eigenvalue weighted by atomic mass is 19.1. The maximum atomic E-state index is 13.4. The topological polar surface area (TPSA) is 47.9 Å². The fourth-order valence-electron chi connectivity index (χ4n) is 3.26. The summed E-state index contributed by atoms with van der Waals surface area (Å²) in [6.45, 7) is 3.83. The van der Waals surface area contributed by atoms with E-state index < -0.39 is 0 Å². The largest absolute Gasteiger partial charge is 0.308 e. The number of hydrazone groups is 1. The van der Waals surface area contributed by atoms with Crippen molar-refractivity contribution in [2.45, 2.75) is 19.4 Å². The van der Waals surface area contributed by atoms with Gasteiger partial charge in [0.2, 0.25) is 0 Å². The molecule has 1 aliphatic heterocycles. The predicted molar refractivity (Wildman–Crippen MR) is 110 cm³/mol. The summed E-state index contributed by atoms with van der Waals surface area (Å²) in [6.07, 6.45) is 0.610. The van der Waals surface area contributed by atoms with Crippen molar-refractivity contribution in [2.75, 3.05) is 33.7 Å². The molecule has 1 heterocycles. The van der Waals surface area contributed by atoms with Crippen LogP contribution in [0, 0.1) is 12.7 Å². The summed E-state index contributed by atoms with van der Waals surface area (Å²) in [6, 6.07) is 14.2. The number of likely N-dealkylation sites (N-methyl/N-ethyl adjacent to an activating group) is 1. The lowest BCUT2D eigenvalue weighted by Crippen LogP contribution is -2.37. The maximum absolute atomic E-state index is 13.4. The number of carbonyl (C=O) groups excluding carboxylic acids is 1. The van der Waals surface area contributed by atoms with Gasteiger partial charge in [-0.25, -0.2) is 9.40 Å². The number of halogens is 1. The molecule has 0 aromatic heterocycles. The minimum atomic E-state index is -0.287. The summed E-state index contributed by atoms with van der Waals surface area (Å²) in [5.74, 6) is -0.375. The van der Waals surface area contributed by atoms with Crippen molar-refractivity contribution in [3.8, 4) is 0 Å². The van der Waals surface area contributed by atoms with Gasteiger partial charge in [0.1, 0.15) is 5.82 Å². The summed E-state index contributed by atoms with van der Waals surface area (Å²) in [5, 5.41) is 9.37. The second kappa shape index (κ2) is 9.08. The molecule has 148 valence electrons. The highest BCUT2D eigenvalue weighted by Crippen LogP contribution is 2.33.